The highest BCUT2D eigenvalue weighted by molar-refractivity contribution is 7.22. The molecule has 0 aliphatic heterocycles. The summed E-state index contributed by atoms with van der Waals surface area (Å²) in [7, 11) is 0. The van der Waals surface area contributed by atoms with Gasteiger partial charge in [-0.1, -0.05) is 72.8 Å². The first kappa shape index (κ1) is 79.6. The molecule has 0 spiro atoms. The van der Waals surface area contributed by atoms with Crippen molar-refractivity contribution in [2.45, 2.75) is 203 Å². The molecule has 0 atom stereocenters. The zero-order valence-corrected chi connectivity index (χ0v) is 67.2. The summed E-state index contributed by atoms with van der Waals surface area (Å²) in [5.41, 5.74) is 9.88. The summed E-state index contributed by atoms with van der Waals surface area (Å²) >= 11 is 3.30. The number of aromatic carboxylic acids is 3. The summed E-state index contributed by atoms with van der Waals surface area (Å²) in [6.07, 6.45) is 11.0. The Morgan fingerprint density at radius 2 is 0.775 bits per heavy atom. The molecule has 582 valence electrons. The molecule has 0 saturated heterocycles. The van der Waals surface area contributed by atoms with E-state index in [4.69, 9.17) is 47.8 Å². The average Bonchev–Trinajstić information content (AvgIpc) is 1.74. The third kappa shape index (κ3) is 17.5. The number of carboxylic acid groups (broad SMARTS) is 3. The Kier molecular flexibility index (Phi) is 23.7. The van der Waals surface area contributed by atoms with Gasteiger partial charge in [-0.25, -0.2) is 29.3 Å². The van der Waals surface area contributed by atoms with Crippen LogP contribution in [0.2, 0.25) is 0 Å². The number of aromatic nitrogens is 3. The van der Waals surface area contributed by atoms with Gasteiger partial charge in [-0.2, -0.15) is 8.78 Å². The van der Waals surface area contributed by atoms with Crippen LogP contribution in [0, 0.1) is 59.3 Å². The van der Waals surface area contributed by atoms with Gasteiger partial charge in [0.25, 0.3) is 0 Å². The van der Waals surface area contributed by atoms with Gasteiger partial charge in [-0.15, -0.1) is 22.7 Å². The molecule has 12 aromatic rings. The van der Waals surface area contributed by atoms with E-state index in [9.17, 15) is 38.5 Å². The smallest absolute Gasteiger partial charge is 0.345 e. The van der Waals surface area contributed by atoms with Crippen LogP contribution in [-0.2, 0) is 14.2 Å². The predicted octanol–water partition coefficient (Wildman–Crippen LogP) is 23.9. The molecule has 6 aromatic carbocycles. The van der Waals surface area contributed by atoms with Gasteiger partial charge in [0.2, 0.25) is 0 Å². The van der Waals surface area contributed by atoms with Crippen molar-refractivity contribution >= 4 is 104 Å². The first-order valence-electron chi connectivity index (χ1n) is 38.6. The second kappa shape index (κ2) is 33.1. The largest absolute Gasteiger partial charge is 0.493 e. The number of para-hydroxylation sites is 1. The standard InChI is InChI=1S/2C31H35NO4S.C29H29F2NO5/c2*1-18(2)36-31(5)14-12-21(13-15-31)17-35-25-11-10-19(3)28-27(25)23(30(33)34)16-24(32-28)29-20(4)22-8-6-7-9-26(22)37-29;1-16-8-9-23(35-15-18-10-12-29(3,13-11-18)37-28(30)31)24-20(27(33)34)14-21(32-25(16)24)26-17(2)19-6-4-5-7-22(19)36-26/h2*6-11,16,18,21H,12-15,17H2,1-5H3,(H,33,34);4-9,14,18,28H,10-13,15H2,1-3H3,(H,33,34). The molecule has 15 rings (SSSR count). The second-order valence-corrected chi connectivity index (χ2v) is 34.0. The van der Waals surface area contributed by atoms with E-state index in [1.807, 2.05) is 107 Å². The minimum absolute atomic E-state index is 0.0667. The molecule has 3 fully saturated rings. The summed E-state index contributed by atoms with van der Waals surface area (Å²) < 4.78 is 69.8. The molecule has 0 bridgehead atoms. The van der Waals surface area contributed by atoms with E-state index in [-0.39, 0.29) is 46.0 Å². The molecule has 0 unspecified atom stereocenters. The van der Waals surface area contributed by atoms with Crippen LogP contribution in [0.15, 0.2) is 132 Å². The number of rotatable bonds is 21. The maximum atomic E-state index is 12.7. The monoisotopic (exact) mass is 1540 g/mol. The van der Waals surface area contributed by atoms with Crippen LogP contribution >= 0.6 is 22.7 Å². The summed E-state index contributed by atoms with van der Waals surface area (Å²) in [6.45, 7) is 25.1. The van der Waals surface area contributed by atoms with Crippen molar-refractivity contribution in [1.82, 2.24) is 15.0 Å². The van der Waals surface area contributed by atoms with Crippen LogP contribution in [0.4, 0.5) is 8.78 Å². The molecule has 6 aromatic heterocycles. The van der Waals surface area contributed by atoms with E-state index in [1.54, 1.807) is 47.8 Å². The number of carbonyl (C=O) groups is 3. The van der Waals surface area contributed by atoms with Gasteiger partial charge in [0.1, 0.15) is 28.5 Å². The molecule has 3 aliphatic rings. The van der Waals surface area contributed by atoms with Gasteiger partial charge in [0, 0.05) is 20.3 Å². The number of alkyl halides is 2. The van der Waals surface area contributed by atoms with Gasteiger partial charge in [0.05, 0.1) is 119 Å². The Bertz CT molecular complexity index is 4930. The highest BCUT2D eigenvalue weighted by Crippen LogP contribution is 2.46. The van der Waals surface area contributed by atoms with Crippen LogP contribution in [0.5, 0.6) is 17.2 Å². The molecule has 16 nitrogen and oxygen atoms in total. The highest BCUT2D eigenvalue weighted by atomic mass is 32.1. The molecular weight excluding hydrogens is 1450 g/mol. The van der Waals surface area contributed by atoms with E-state index in [0.717, 1.165) is 99.9 Å². The third-order valence-corrected chi connectivity index (χ3v) is 25.2. The fraction of sp³-hybridized carbons (Fsp3) is 0.407. The van der Waals surface area contributed by atoms with Crippen LogP contribution in [-0.4, -0.2) is 104 Å². The van der Waals surface area contributed by atoms with Crippen molar-refractivity contribution in [2.75, 3.05) is 19.8 Å². The molecule has 0 radical (unpaired) electrons. The summed E-state index contributed by atoms with van der Waals surface area (Å²) in [5, 5.41) is 35.5. The molecule has 20 heteroatoms. The molecule has 3 N–H and O–H groups in total. The van der Waals surface area contributed by atoms with Gasteiger partial charge < -0.3 is 48.2 Å². The Hall–Kier alpha value is -9.44. The quantitative estimate of drug-likeness (QED) is 0.0609. The van der Waals surface area contributed by atoms with Crippen molar-refractivity contribution < 1.29 is 71.3 Å². The number of hydrogen-bond acceptors (Lipinski definition) is 15. The SMILES string of the molecule is Cc1c(-c2cc(C(=O)O)c3c(OCC4CCC(C)(OC(C)C)CC4)ccc(C)c3n2)sc2ccccc12.Cc1c(-c2cc(C(=O)O)c3c(OCC4CCC(C)(OC(C)C)CC4)ccc(C)c3n2)sc2ccccc12.Cc1c(-c2cc(C(=O)O)c3c(OCC4CCC(C)(OC(F)F)CC4)ccc(C)c3n2)oc2ccccc12. The highest BCUT2D eigenvalue weighted by Gasteiger charge is 2.37. The number of fused-ring (bicyclic) bond motifs is 6. The minimum Gasteiger partial charge on any atom is -0.493 e. The first-order valence-corrected chi connectivity index (χ1v) is 40.3. The maximum absolute atomic E-state index is 12.7. The molecule has 3 saturated carbocycles. The zero-order chi connectivity index (χ0) is 79.0. The Labute approximate surface area is 654 Å². The van der Waals surface area contributed by atoms with Crippen LogP contribution in [0.25, 0.3) is 96.4 Å². The van der Waals surface area contributed by atoms with E-state index in [1.165, 1.54) is 26.2 Å². The summed E-state index contributed by atoms with van der Waals surface area (Å²) in [6, 6.07) is 40.5. The normalized spacial score (nSPS) is 20.1. The zero-order valence-electron chi connectivity index (χ0n) is 65.5. The number of aryl methyl sites for hydroxylation is 6. The Morgan fingerprint density at radius 3 is 1.11 bits per heavy atom. The fourth-order valence-corrected chi connectivity index (χ4v) is 18.8. The predicted molar refractivity (Wildman–Crippen MR) is 438 cm³/mol. The lowest BCUT2D eigenvalue weighted by Gasteiger charge is -2.38. The Balaban J connectivity index is 0.000000146. The number of ether oxygens (including phenoxy) is 6. The molecule has 111 heavy (non-hydrogen) atoms. The Morgan fingerprint density at radius 1 is 0.450 bits per heavy atom. The number of hydrogen-bond donors (Lipinski definition) is 3. The lowest BCUT2D eigenvalue weighted by atomic mass is 9.80. The van der Waals surface area contributed by atoms with Crippen molar-refractivity contribution in [3.05, 3.63) is 177 Å². The lowest BCUT2D eigenvalue weighted by Crippen LogP contribution is -2.37. The van der Waals surface area contributed by atoms with Crippen molar-refractivity contribution in [1.29, 1.82) is 0 Å². The van der Waals surface area contributed by atoms with E-state index < -0.39 is 30.1 Å². The lowest BCUT2D eigenvalue weighted by molar-refractivity contribution is -0.214. The van der Waals surface area contributed by atoms with Crippen molar-refractivity contribution in [2.24, 2.45) is 17.8 Å². The van der Waals surface area contributed by atoms with Gasteiger partial charge in [0.15, 0.2) is 5.76 Å². The maximum Gasteiger partial charge on any atom is 0.345 e. The number of furan rings is 1. The second-order valence-electron chi connectivity index (χ2n) is 31.9. The summed E-state index contributed by atoms with van der Waals surface area (Å²) in [5.74, 6) is 0.129. The molecule has 6 heterocycles. The molecule has 0 amide bonds. The first-order chi connectivity index (χ1) is 52.9. The van der Waals surface area contributed by atoms with Crippen molar-refractivity contribution in [3.63, 3.8) is 0 Å². The summed E-state index contributed by atoms with van der Waals surface area (Å²) in [4.78, 5) is 54.2. The van der Waals surface area contributed by atoms with E-state index >= 15 is 0 Å². The minimum atomic E-state index is -2.79. The number of thiophene rings is 2. The van der Waals surface area contributed by atoms with Crippen LogP contribution < -0.4 is 14.2 Å². The van der Waals surface area contributed by atoms with Crippen molar-refractivity contribution in [3.8, 4) is 49.8 Å². The van der Waals surface area contributed by atoms with E-state index in [2.05, 4.69) is 79.7 Å². The average molecular weight is 1540 g/mol. The number of halogens is 2. The number of carboxylic acids is 3. The third-order valence-electron chi connectivity index (χ3n) is 22.6. The van der Waals surface area contributed by atoms with Crippen LogP contribution in [0.3, 0.4) is 0 Å². The number of pyridine rings is 3. The van der Waals surface area contributed by atoms with Gasteiger partial charge in [-0.3, -0.25) is 0 Å². The van der Waals surface area contributed by atoms with E-state index in [0.29, 0.717) is 136 Å². The molecule has 3 aliphatic carbocycles. The van der Waals surface area contributed by atoms with Gasteiger partial charge >= 0.3 is 24.5 Å². The fourth-order valence-electron chi connectivity index (χ4n) is 16.5. The number of benzene rings is 6. The number of nitrogens with zero attached hydrogens (tertiary/aromatic N) is 3. The van der Waals surface area contributed by atoms with Crippen LogP contribution in [0.1, 0.15) is 190 Å². The topological polar surface area (TPSA) is 219 Å². The van der Waals surface area contributed by atoms with Gasteiger partial charge in [-0.05, 0) is 278 Å². The molecular formula is C91H99F2N3O13S2.